The number of unbranched alkanes of at least 4 members (excludes halogenated alkanes) is 1. The predicted molar refractivity (Wildman–Crippen MR) is 79.4 cm³/mol. The Balaban J connectivity index is 1.68. The maximum Gasteiger partial charge on any atom is 0.0913 e. The summed E-state index contributed by atoms with van der Waals surface area (Å²) in [6, 6.07) is 4.11. The summed E-state index contributed by atoms with van der Waals surface area (Å²) in [4.78, 5) is 10.5. The van der Waals surface area contributed by atoms with Crippen LogP contribution in [0.4, 0.5) is 0 Å². The van der Waals surface area contributed by atoms with Crippen LogP contribution in [0.25, 0.3) is 11.0 Å². The van der Waals surface area contributed by atoms with Crippen molar-refractivity contribution in [1.82, 2.24) is 14.9 Å². The molecule has 2 aromatic rings. The molecule has 2 aromatic heterocycles. The Morgan fingerprint density at radius 2 is 2.21 bits per heavy atom. The zero-order valence-electron chi connectivity index (χ0n) is 11.7. The highest BCUT2D eigenvalue weighted by atomic mass is 15.1. The number of H-pyrrole nitrogens is 1. The lowest BCUT2D eigenvalue weighted by atomic mass is 9.90. The van der Waals surface area contributed by atoms with Gasteiger partial charge in [-0.25, -0.2) is 0 Å². The van der Waals surface area contributed by atoms with Crippen molar-refractivity contribution in [2.45, 2.75) is 38.5 Å². The molecule has 0 amide bonds. The highest BCUT2D eigenvalue weighted by Gasteiger charge is 2.22. The molecule has 1 aliphatic rings. The average molecular weight is 257 g/mol. The molecule has 0 aromatic carbocycles. The Labute approximate surface area is 115 Å². The molecule has 1 N–H and O–H groups in total. The molecule has 3 heterocycles. The Morgan fingerprint density at radius 1 is 1.37 bits per heavy atom. The number of likely N-dealkylation sites (tertiary alicyclic amines) is 1. The smallest absolute Gasteiger partial charge is 0.0913 e. The van der Waals surface area contributed by atoms with Crippen molar-refractivity contribution < 1.29 is 0 Å². The van der Waals surface area contributed by atoms with Gasteiger partial charge in [0.2, 0.25) is 0 Å². The van der Waals surface area contributed by atoms with Crippen molar-refractivity contribution in [2.24, 2.45) is 0 Å². The van der Waals surface area contributed by atoms with Crippen molar-refractivity contribution in [3.8, 4) is 0 Å². The minimum absolute atomic E-state index is 0.682. The van der Waals surface area contributed by atoms with Crippen LogP contribution in [0.2, 0.25) is 0 Å². The minimum atomic E-state index is 0.682. The van der Waals surface area contributed by atoms with E-state index in [2.05, 4.69) is 34.1 Å². The van der Waals surface area contributed by atoms with E-state index < -0.39 is 0 Å². The summed E-state index contributed by atoms with van der Waals surface area (Å²) >= 11 is 0. The number of rotatable bonds is 4. The third-order valence-corrected chi connectivity index (χ3v) is 4.32. The molecule has 3 rings (SSSR count). The molecule has 0 saturated carbocycles. The van der Waals surface area contributed by atoms with Gasteiger partial charge in [0.05, 0.1) is 11.0 Å². The van der Waals surface area contributed by atoms with Gasteiger partial charge < -0.3 is 9.88 Å². The second-order valence-corrected chi connectivity index (χ2v) is 5.61. The molecule has 0 spiro atoms. The largest absolute Gasteiger partial charge is 0.360 e. The van der Waals surface area contributed by atoms with Crippen LogP contribution in [0.5, 0.6) is 0 Å². The molecule has 3 heteroatoms. The van der Waals surface area contributed by atoms with Gasteiger partial charge >= 0.3 is 0 Å². The number of hydrogen-bond donors (Lipinski definition) is 1. The monoisotopic (exact) mass is 257 g/mol. The summed E-state index contributed by atoms with van der Waals surface area (Å²) < 4.78 is 0. The highest BCUT2D eigenvalue weighted by molar-refractivity contribution is 5.79. The third kappa shape index (κ3) is 2.66. The predicted octanol–water partition coefficient (Wildman–Crippen LogP) is 3.54. The molecule has 0 atom stereocenters. The van der Waals surface area contributed by atoms with Crippen molar-refractivity contribution in [3.05, 3.63) is 30.1 Å². The van der Waals surface area contributed by atoms with Gasteiger partial charge in [-0.05, 0) is 62.5 Å². The summed E-state index contributed by atoms with van der Waals surface area (Å²) in [5.74, 6) is 0.682. The van der Waals surface area contributed by atoms with E-state index in [1.54, 1.807) is 0 Å². The lowest BCUT2D eigenvalue weighted by Crippen LogP contribution is -2.33. The van der Waals surface area contributed by atoms with E-state index >= 15 is 0 Å². The molecule has 1 aliphatic heterocycles. The molecule has 0 aliphatic carbocycles. The van der Waals surface area contributed by atoms with Crippen molar-refractivity contribution in [1.29, 1.82) is 0 Å². The van der Waals surface area contributed by atoms with E-state index in [-0.39, 0.29) is 0 Å². The normalized spacial score (nSPS) is 18.2. The van der Waals surface area contributed by atoms with Crippen LogP contribution >= 0.6 is 0 Å². The quantitative estimate of drug-likeness (QED) is 0.908. The van der Waals surface area contributed by atoms with Gasteiger partial charge in [0.1, 0.15) is 0 Å². The first-order valence-corrected chi connectivity index (χ1v) is 7.53. The van der Waals surface area contributed by atoms with Crippen LogP contribution in [-0.4, -0.2) is 34.5 Å². The van der Waals surface area contributed by atoms with Gasteiger partial charge in [-0.1, -0.05) is 13.3 Å². The lowest BCUT2D eigenvalue weighted by molar-refractivity contribution is 0.210. The Bertz CT molecular complexity index is 524. The van der Waals surface area contributed by atoms with Crippen LogP contribution in [-0.2, 0) is 0 Å². The number of nitrogens with one attached hydrogen (secondary N) is 1. The third-order valence-electron chi connectivity index (χ3n) is 4.32. The summed E-state index contributed by atoms with van der Waals surface area (Å²) in [7, 11) is 0. The summed E-state index contributed by atoms with van der Waals surface area (Å²) in [6.45, 7) is 6.02. The molecule has 1 fully saturated rings. The Morgan fingerprint density at radius 3 is 3.00 bits per heavy atom. The Hall–Kier alpha value is -1.35. The minimum Gasteiger partial charge on any atom is -0.360 e. The maximum atomic E-state index is 4.54. The van der Waals surface area contributed by atoms with Gasteiger partial charge in [0, 0.05) is 12.4 Å². The van der Waals surface area contributed by atoms with Gasteiger partial charge in [-0.2, -0.15) is 0 Å². The maximum absolute atomic E-state index is 4.54. The first kappa shape index (κ1) is 12.7. The molecule has 102 valence electrons. The second-order valence-electron chi connectivity index (χ2n) is 5.61. The van der Waals surface area contributed by atoms with Gasteiger partial charge in [-0.15, -0.1) is 0 Å². The van der Waals surface area contributed by atoms with Crippen molar-refractivity contribution in [3.63, 3.8) is 0 Å². The number of aromatic amines is 1. The fourth-order valence-corrected chi connectivity index (χ4v) is 3.14. The molecule has 1 saturated heterocycles. The van der Waals surface area contributed by atoms with Crippen LogP contribution in [0.15, 0.2) is 24.5 Å². The second kappa shape index (κ2) is 5.74. The zero-order valence-corrected chi connectivity index (χ0v) is 11.7. The van der Waals surface area contributed by atoms with Crippen LogP contribution in [0, 0.1) is 0 Å². The topological polar surface area (TPSA) is 31.9 Å². The van der Waals surface area contributed by atoms with E-state index in [1.807, 2.05) is 12.3 Å². The summed E-state index contributed by atoms with van der Waals surface area (Å²) in [5, 5.41) is 0. The van der Waals surface area contributed by atoms with E-state index in [0.29, 0.717) is 5.92 Å². The number of aromatic nitrogens is 2. The fourth-order valence-electron chi connectivity index (χ4n) is 3.14. The van der Waals surface area contributed by atoms with Crippen LogP contribution < -0.4 is 0 Å². The SMILES string of the molecule is CCCCN1CCC(c2c[nH]c3cccnc23)CC1. The fraction of sp³-hybridized carbons (Fsp3) is 0.562. The first-order chi connectivity index (χ1) is 9.38. The van der Waals surface area contributed by atoms with Crippen molar-refractivity contribution in [2.75, 3.05) is 19.6 Å². The van der Waals surface area contributed by atoms with Gasteiger partial charge in [0.15, 0.2) is 0 Å². The first-order valence-electron chi connectivity index (χ1n) is 7.53. The molecule has 3 nitrogen and oxygen atoms in total. The zero-order chi connectivity index (χ0) is 13.1. The van der Waals surface area contributed by atoms with Gasteiger partial charge in [-0.3, -0.25) is 4.98 Å². The van der Waals surface area contributed by atoms with Crippen molar-refractivity contribution >= 4 is 11.0 Å². The number of fused-ring (bicyclic) bond motifs is 1. The van der Waals surface area contributed by atoms with E-state index in [9.17, 15) is 0 Å². The number of pyridine rings is 1. The molecule has 0 unspecified atom stereocenters. The number of hydrogen-bond acceptors (Lipinski definition) is 2. The average Bonchev–Trinajstić information content (AvgIpc) is 2.90. The van der Waals surface area contributed by atoms with E-state index in [4.69, 9.17) is 0 Å². The molecular formula is C16H23N3. The molecular weight excluding hydrogens is 234 g/mol. The summed E-state index contributed by atoms with van der Waals surface area (Å²) in [6.07, 6.45) is 9.24. The number of piperidine rings is 1. The summed E-state index contributed by atoms with van der Waals surface area (Å²) in [5.41, 5.74) is 3.77. The molecule has 0 bridgehead atoms. The molecule has 0 radical (unpaired) electrons. The van der Waals surface area contributed by atoms with Gasteiger partial charge in [0.25, 0.3) is 0 Å². The number of nitrogens with zero attached hydrogens (tertiary/aromatic N) is 2. The lowest BCUT2D eigenvalue weighted by Gasteiger charge is -2.31. The standard InChI is InChI=1S/C16H23N3/c1-2-3-9-19-10-6-13(7-11-19)14-12-18-15-5-4-8-17-16(14)15/h4-5,8,12-13,18H,2-3,6-7,9-11H2,1H3. The van der Waals surface area contributed by atoms with E-state index in [1.165, 1.54) is 61.9 Å². The van der Waals surface area contributed by atoms with Crippen LogP contribution in [0.3, 0.4) is 0 Å². The van der Waals surface area contributed by atoms with Crippen LogP contribution in [0.1, 0.15) is 44.1 Å². The Kier molecular flexibility index (Phi) is 3.83. The highest BCUT2D eigenvalue weighted by Crippen LogP contribution is 2.32. The van der Waals surface area contributed by atoms with E-state index in [0.717, 1.165) is 0 Å². The molecule has 19 heavy (non-hydrogen) atoms.